The Bertz CT molecular complexity index is 617. The van der Waals surface area contributed by atoms with E-state index in [1.165, 1.54) is 24.7 Å². The lowest BCUT2D eigenvalue weighted by molar-refractivity contribution is -0.153. The summed E-state index contributed by atoms with van der Waals surface area (Å²) in [6.45, 7) is 12.9. The Morgan fingerprint density at radius 1 is 0.917 bits per heavy atom. The molecule has 10 atom stereocenters. The SMILES string of the molecule is C=C(C)C1C2CC(C1C(=C)C)C1C3CC(C(C=O)C3C(=O)OC)C21. The van der Waals surface area contributed by atoms with Crippen molar-refractivity contribution in [1.82, 2.24) is 0 Å². The van der Waals surface area contributed by atoms with Gasteiger partial charge in [0.2, 0.25) is 0 Å². The van der Waals surface area contributed by atoms with E-state index in [-0.39, 0.29) is 17.8 Å². The Morgan fingerprint density at radius 3 is 1.83 bits per heavy atom. The van der Waals surface area contributed by atoms with E-state index in [0.717, 1.165) is 12.7 Å². The highest BCUT2D eigenvalue weighted by molar-refractivity contribution is 5.78. The average molecular weight is 328 g/mol. The molecule has 4 bridgehead atoms. The van der Waals surface area contributed by atoms with E-state index >= 15 is 0 Å². The molecule has 4 rings (SSSR count). The number of aldehydes is 1. The van der Waals surface area contributed by atoms with Crippen LogP contribution in [0.3, 0.4) is 0 Å². The van der Waals surface area contributed by atoms with Crippen LogP contribution in [-0.2, 0) is 14.3 Å². The number of carbonyl (C=O) groups is 2. The van der Waals surface area contributed by atoms with Gasteiger partial charge in [0.15, 0.2) is 0 Å². The summed E-state index contributed by atoms with van der Waals surface area (Å²) in [5, 5.41) is 0. The van der Waals surface area contributed by atoms with Crippen LogP contribution in [0.25, 0.3) is 0 Å². The van der Waals surface area contributed by atoms with Crippen LogP contribution >= 0.6 is 0 Å². The molecule has 0 spiro atoms. The van der Waals surface area contributed by atoms with Gasteiger partial charge < -0.3 is 9.53 Å². The summed E-state index contributed by atoms with van der Waals surface area (Å²) in [5.74, 6) is 3.55. The van der Waals surface area contributed by atoms with Crippen LogP contribution in [0.2, 0.25) is 0 Å². The summed E-state index contributed by atoms with van der Waals surface area (Å²) in [6.07, 6.45) is 3.29. The van der Waals surface area contributed by atoms with E-state index in [0.29, 0.717) is 47.3 Å². The third kappa shape index (κ3) is 1.79. The quantitative estimate of drug-likeness (QED) is 0.343. The second-order valence-corrected chi connectivity index (χ2v) is 8.79. The predicted octanol–water partition coefficient (Wildman–Crippen LogP) is 3.51. The summed E-state index contributed by atoms with van der Waals surface area (Å²) in [7, 11) is 1.45. The van der Waals surface area contributed by atoms with Crippen LogP contribution in [0.5, 0.6) is 0 Å². The van der Waals surface area contributed by atoms with Gasteiger partial charge in [0.05, 0.1) is 13.0 Å². The lowest BCUT2D eigenvalue weighted by Gasteiger charge is -2.47. The fourth-order valence-electron chi connectivity index (χ4n) is 7.69. The van der Waals surface area contributed by atoms with Gasteiger partial charge in [0.1, 0.15) is 6.29 Å². The van der Waals surface area contributed by atoms with Crippen molar-refractivity contribution in [3.63, 3.8) is 0 Å². The van der Waals surface area contributed by atoms with Gasteiger partial charge in [-0.15, -0.1) is 0 Å². The van der Waals surface area contributed by atoms with Gasteiger partial charge in [0.25, 0.3) is 0 Å². The fourth-order valence-corrected chi connectivity index (χ4v) is 7.69. The van der Waals surface area contributed by atoms with Gasteiger partial charge in [-0.1, -0.05) is 24.3 Å². The number of hydrogen-bond donors (Lipinski definition) is 0. The van der Waals surface area contributed by atoms with E-state index in [1.807, 2.05) is 0 Å². The molecule has 10 unspecified atom stereocenters. The first-order chi connectivity index (χ1) is 11.4. The molecule has 4 aliphatic carbocycles. The molecule has 0 aliphatic heterocycles. The molecule has 0 heterocycles. The molecule has 0 N–H and O–H groups in total. The topological polar surface area (TPSA) is 43.4 Å². The summed E-state index contributed by atoms with van der Waals surface area (Å²) in [4.78, 5) is 24.1. The summed E-state index contributed by atoms with van der Waals surface area (Å²) >= 11 is 0. The predicted molar refractivity (Wildman–Crippen MR) is 91.8 cm³/mol. The van der Waals surface area contributed by atoms with E-state index in [2.05, 4.69) is 27.0 Å². The van der Waals surface area contributed by atoms with Crippen molar-refractivity contribution in [2.45, 2.75) is 26.7 Å². The molecule has 24 heavy (non-hydrogen) atoms. The average Bonchev–Trinajstić information content (AvgIpc) is 3.27. The molecular weight excluding hydrogens is 300 g/mol. The monoisotopic (exact) mass is 328 g/mol. The number of ether oxygens (including phenoxy) is 1. The molecule has 3 nitrogen and oxygen atoms in total. The first-order valence-electron chi connectivity index (χ1n) is 9.26. The third-order valence-corrected chi connectivity index (χ3v) is 7.96. The third-order valence-electron chi connectivity index (χ3n) is 7.96. The smallest absolute Gasteiger partial charge is 0.309 e. The van der Waals surface area contributed by atoms with Crippen molar-refractivity contribution in [2.24, 2.45) is 59.2 Å². The zero-order valence-corrected chi connectivity index (χ0v) is 14.9. The van der Waals surface area contributed by atoms with Crippen LogP contribution in [0, 0.1) is 59.2 Å². The highest BCUT2D eigenvalue weighted by Crippen LogP contribution is 2.73. The van der Waals surface area contributed by atoms with Crippen molar-refractivity contribution >= 4 is 12.3 Å². The van der Waals surface area contributed by atoms with E-state index in [9.17, 15) is 9.59 Å². The van der Waals surface area contributed by atoms with Crippen molar-refractivity contribution in [3.8, 4) is 0 Å². The minimum absolute atomic E-state index is 0.142. The zero-order valence-electron chi connectivity index (χ0n) is 14.9. The maximum atomic E-state index is 12.3. The van der Waals surface area contributed by atoms with E-state index in [4.69, 9.17) is 4.74 Å². The molecule has 3 heteroatoms. The van der Waals surface area contributed by atoms with Crippen LogP contribution in [0.4, 0.5) is 0 Å². The number of carbonyl (C=O) groups excluding carboxylic acids is 2. The molecule has 4 fully saturated rings. The normalized spacial score (nSPS) is 50.6. The molecule has 0 aromatic rings. The summed E-state index contributed by atoms with van der Waals surface area (Å²) < 4.78 is 5.05. The maximum Gasteiger partial charge on any atom is 0.309 e. The van der Waals surface area contributed by atoms with Crippen LogP contribution in [-0.4, -0.2) is 19.4 Å². The molecule has 130 valence electrons. The molecule has 0 saturated heterocycles. The molecule has 4 saturated carbocycles. The highest BCUT2D eigenvalue weighted by Gasteiger charge is 2.71. The summed E-state index contributed by atoms with van der Waals surface area (Å²) in [5.41, 5.74) is 2.53. The minimum atomic E-state index is -0.216. The Labute approximate surface area is 144 Å². The lowest BCUT2D eigenvalue weighted by Crippen LogP contribution is -2.46. The standard InChI is InChI=1S/C21H28O3/c1-9(2)16-12-7-13(17(16)10(3)4)19-14-6-11(18(12)19)15(8-22)20(14)21(23)24-5/h8,11-20H,1,3,6-7H2,2,4-5H3. The summed E-state index contributed by atoms with van der Waals surface area (Å²) in [6, 6.07) is 0. The van der Waals surface area contributed by atoms with Gasteiger partial charge in [-0.2, -0.15) is 0 Å². The minimum Gasteiger partial charge on any atom is -0.469 e. The first kappa shape index (κ1) is 16.1. The largest absolute Gasteiger partial charge is 0.469 e. The van der Waals surface area contributed by atoms with E-state index < -0.39 is 0 Å². The maximum absolute atomic E-state index is 12.3. The number of rotatable bonds is 4. The van der Waals surface area contributed by atoms with Crippen molar-refractivity contribution in [2.75, 3.05) is 7.11 Å². The lowest BCUT2D eigenvalue weighted by atomic mass is 9.57. The van der Waals surface area contributed by atoms with Crippen molar-refractivity contribution in [3.05, 3.63) is 24.3 Å². The Morgan fingerprint density at radius 2 is 1.38 bits per heavy atom. The van der Waals surface area contributed by atoms with Gasteiger partial charge in [-0.25, -0.2) is 0 Å². The fraction of sp³-hybridized carbons (Fsp3) is 0.714. The highest BCUT2D eigenvalue weighted by atomic mass is 16.5. The van der Waals surface area contributed by atoms with Gasteiger partial charge in [-0.3, -0.25) is 4.79 Å². The molecule has 4 aliphatic rings. The Kier molecular flexibility index (Phi) is 3.56. The zero-order chi connectivity index (χ0) is 17.3. The molecular formula is C21H28O3. The van der Waals surface area contributed by atoms with Gasteiger partial charge in [-0.05, 0) is 74.0 Å². The van der Waals surface area contributed by atoms with Crippen LogP contribution in [0.1, 0.15) is 26.7 Å². The number of methoxy groups -OCH3 is 1. The molecule has 0 aromatic carbocycles. The Hall–Kier alpha value is -1.38. The number of allylic oxidation sites excluding steroid dienone is 2. The van der Waals surface area contributed by atoms with Crippen LogP contribution < -0.4 is 0 Å². The molecule has 0 amide bonds. The first-order valence-corrected chi connectivity index (χ1v) is 9.26. The number of hydrogen-bond acceptors (Lipinski definition) is 3. The number of fused-ring (bicyclic) bond motifs is 9. The Balaban J connectivity index is 1.72. The second kappa shape index (κ2) is 5.31. The van der Waals surface area contributed by atoms with Crippen molar-refractivity contribution in [1.29, 1.82) is 0 Å². The second-order valence-electron chi connectivity index (χ2n) is 8.79. The van der Waals surface area contributed by atoms with Crippen molar-refractivity contribution < 1.29 is 14.3 Å². The van der Waals surface area contributed by atoms with E-state index in [1.54, 1.807) is 0 Å². The molecule has 0 radical (unpaired) electrons. The van der Waals surface area contributed by atoms with Gasteiger partial charge >= 0.3 is 5.97 Å². The number of esters is 1. The van der Waals surface area contributed by atoms with Gasteiger partial charge in [0, 0.05) is 5.92 Å². The van der Waals surface area contributed by atoms with Crippen LogP contribution in [0.15, 0.2) is 24.3 Å². The molecule has 0 aromatic heterocycles.